The van der Waals surface area contributed by atoms with Crippen LogP contribution in [0.25, 0.3) is 0 Å². The van der Waals surface area contributed by atoms with E-state index in [0.29, 0.717) is 18.1 Å². The maximum absolute atomic E-state index is 12.3. The lowest BCUT2D eigenvalue weighted by Crippen LogP contribution is -2.52. The van der Waals surface area contributed by atoms with Crippen LogP contribution >= 0.6 is 0 Å². The van der Waals surface area contributed by atoms with Gasteiger partial charge >= 0.3 is 6.09 Å². The number of ether oxygens (including phenoxy) is 2. The van der Waals surface area contributed by atoms with Gasteiger partial charge in [-0.05, 0) is 59.4 Å². The zero-order valence-electron chi connectivity index (χ0n) is 13.9. The molecule has 2 rings (SSSR count). The molecule has 5 heteroatoms. The minimum atomic E-state index is -0.411. The number of methoxy groups -OCH3 is 1. The number of carbonyl (C=O) groups is 1. The molecule has 21 heavy (non-hydrogen) atoms. The molecule has 2 saturated heterocycles. The summed E-state index contributed by atoms with van der Waals surface area (Å²) in [5.74, 6) is 0. The first-order chi connectivity index (χ1) is 9.90. The van der Waals surface area contributed by atoms with Gasteiger partial charge in [-0.15, -0.1) is 0 Å². The summed E-state index contributed by atoms with van der Waals surface area (Å²) < 4.78 is 10.6. The molecular weight excluding hydrogens is 268 g/mol. The number of nitrogens with zero attached hydrogens (tertiary/aromatic N) is 1. The van der Waals surface area contributed by atoms with Crippen molar-refractivity contribution in [3.8, 4) is 0 Å². The summed E-state index contributed by atoms with van der Waals surface area (Å²) in [5, 5.41) is 3.61. The molecule has 5 nitrogen and oxygen atoms in total. The summed E-state index contributed by atoms with van der Waals surface area (Å²) in [6.45, 7) is 7.58. The molecule has 122 valence electrons. The SMILES string of the molecule is COCCCNC1CC2CCC(C1)N2C(=O)OC(C)(C)C. The Balaban J connectivity index is 1.83. The second-order valence-corrected chi connectivity index (χ2v) is 7.24. The van der Waals surface area contributed by atoms with E-state index in [1.165, 1.54) is 0 Å². The monoisotopic (exact) mass is 298 g/mol. The number of fused-ring (bicyclic) bond motifs is 2. The van der Waals surface area contributed by atoms with Gasteiger partial charge in [0, 0.05) is 31.8 Å². The van der Waals surface area contributed by atoms with Gasteiger partial charge in [-0.3, -0.25) is 0 Å². The van der Waals surface area contributed by atoms with Gasteiger partial charge in [-0.1, -0.05) is 0 Å². The van der Waals surface area contributed by atoms with Gasteiger partial charge in [-0.2, -0.15) is 0 Å². The lowest BCUT2D eigenvalue weighted by molar-refractivity contribution is 0.00470. The molecule has 2 fully saturated rings. The van der Waals surface area contributed by atoms with Gasteiger partial charge in [0.05, 0.1) is 0 Å². The Labute approximate surface area is 128 Å². The van der Waals surface area contributed by atoms with E-state index in [0.717, 1.165) is 45.3 Å². The van der Waals surface area contributed by atoms with Gasteiger partial charge in [-0.25, -0.2) is 4.79 Å². The second-order valence-electron chi connectivity index (χ2n) is 7.24. The average Bonchev–Trinajstić information content (AvgIpc) is 2.65. The highest BCUT2D eigenvalue weighted by molar-refractivity contribution is 5.69. The fraction of sp³-hybridized carbons (Fsp3) is 0.938. The number of carbonyl (C=O) groups excluding carboxylic acids is 1. The zero-order valence-corrected chi connectivity index (χ0v) is 13.9. The summed E-state index contributed by atoms with van der Waals surface area (Å²) in [5.41, 5.74) is -0.411. The highest BCUT2D eigenvalue weighted by Gasteiger charge is 2.44. The third kappa shape index (κ3) is 4.58. The van der Waals surface area contributed by atoms with Crippen molar-refractivity contribution in [3.63, 3.8) is 0 Å². The molecule has 2 unspecified atom stereocenters. The van der Waals surface area contributed by atoms with Crippen molar-refractivity contribution < 1.29 is 14.3 Å². The first-order valence-electron chi connectivity index (χ1n) is 8.14. The molecule has 1 amide bonds. The smallest absolute Gasteiger partial charge is 0.410 e. The van der Waals surface area contributed by atoms with Crippen LogP contribution in [0, 0.1) is 0 Å². The summed E-state index contributed by atoms with van der Waals surface area (Å²) in [6.07, 6.45) is 5.22. The third-order valence-corrected chi connectivity index (χ3v) is 4.30. The molecule has 2 aliphatic heterocycles. The van der Waals surface area contributed by atoms with Crippen LogP contribution in [0.5, 0.6) is 0 Å². The van der Waals surface area contributed by atoms with Crippen molar-refractivity contribution >= 4 is 6.09 Å². The van der Waals surface area contributed by atoms with Crippen molar-refractivity contribution in [2.24, 2.45) is 0 Å². The Morgan fingerprint density at radius 2 is 1.86 bits per heavy atom. The molecule has 0 aromatic carbocycles. The molecular formula is C16H30N2O3. The molecule has 2 atom stereocenters. The minimum Gasteiger partial charge on any atom is -0.444 e. The molecule has 2 bridgehead atoms. The van der Waals surface area contributed by atoms with E-state index in [1.54, 1.807) is 7.11 Å². The van der Waals surface area contributed by atoms with Gasteiger partial charge in [0.25, 0.3) is 0 Å². The highest BCUT2D eigenvalue weighted by atomic mass is 16.6. The summed E-state index contributed by atoms with van der Waals surface area (Å²) in [7, 11) is 1.74. The van der Waals surface area contributed by atoms with Crippen LogP contribution in [-0.4, -0.2) is 55.0 Å². The van der Waals surface area contributed by atoms with Crippen LogP contribution in [0.15, 0.2) is 0 Å². The topological polar surface area (TPSA) is 50.8 Å². The van der Waals surface area contributed by atoms with E-state index in [-0.39, 0.29) is 6.09 Å². The van der Waals surface area contributed by atoms with Crippen LogP contribution in [0.1, 0.15) is 52.9 Å². The van der Waals surface area contributed by atoms with E-state index in [4.69, 9.17) is 9.47 Å². The van der Waals surface area contributed by atoms with E-state index in [1.807, 2.05) is 25.7 Å². The number of rotatable bonds is 5. The first kappa shape index (κ1) is 16.6. The number of hydrogen-bond acceptors (Lipinski definition) is 4. The molecule has 0 radical (unpaired) electrons. The molecule has 0 aromatic rings. The predicted molar refractivity (Wildman–Crippen MR) is 82.4 cm³/mol. The van der Waals surface area contributed by atoms with Gasteiger partial charge in [0.15, 0.2) is 0 Å². The number of hydrogen-bond donors (Lipinski definition) is 1. The lowest BCUT2D eigenvalue weighted by Gasteiger charge is -2.39. The quantitative estimate of drug-likeness (QED) is 0.793. The molecule has 0 aliphatic carbocycles. The van der Waals surface area contributed by atoms with Gasteiger partial charge in [0.1, 0.15) is 5.60 Å². The van der Waals surface area contributed by atoms with Crippen LogP contribution in [0.2, 0.25) is 0 Å². The van der Waals surface area contributed by atoms with Gasteiger partial charge < -0.3 is 19.7 Å². The predicted octanol–water partition coefficient (Wildman–Crippen LogP) is 2.54. The first-order valence-corrected chi connectivity index (χ1v) is 8.14. The van der Waals surface area contributed by atoms with Crippen molar-refractivity contribution in [1.29, 1.82) is 0 Å². The van der Waals surface area contributed by atoms with Crippen LogP contribution in [-0.2, 0) is 9.47 Å². The molecule has 0 aromatic heterocycles. The molecule has 2 heterocycles. The number of piperidine rings is 1. The van der Waals surface area contributed by atoms with Crippen molar-refractivity contribution in [3.05, 3.63) is 0 Å². The fourth-order valence-electron chi connectivity index (χ4n) is 3.48. The van der Waals surface area contributed by atoms with Gasteiger partial charge in [0.2, 0.25) is 0 Å². The van der Waals surface area contributed by atoms with Crippen LogP contribution in [0.4, 0.5) is 4.79 Å². The number of amides is 1. The molecule has 1 N–H and O–H groups in total. The Hall–Kier alpha value is -0.810. The van der Waals surface area contributed by atoms with E-state index in [9.17, 15) is 4.79 Å². The Kier molecular flexibility index (Phi) is 5.49. The Bertz CT molecular complexity index is 340. The summed E-state index contributed by atoms with van der Waals surface area (Å²) >= 11 is 0. The molecule has 2 aliphatic rings. The van der Waals surface area contributed by atoms with Crippen LogP contribution in [0.3, 0.4) is 0 Å². The average molecular weight is 298 g/mol. The second kappa shape index (κ2) is 6.97. The Morgan fingerprint density at radius 3 is 2.38 bits per heavy atom. The minimum absolute atomic E-state index is 0.132. The van der Waals surface area contributed by atoms with Crippen LogP contribution < -0.4 is 5.32 Å². The standard InChI is InChI=1S/C16H30N2O3/c1-16(2,3)21-15(19)18-13-6-7-14(18)11-12(10-13)17-8-5-9-20-4/h12-14,17H,5-11H2,1-4H3. The summed E-state index contributed by atoms with van der Waals surface area (Å²) in [6, 6.07) is 1.22. The molecule has 0 saturated carbocycles. The number of nitrogens with one attached hydrogen (secondary N) is 1. The van der Waals surface area contributed by atoms with E-state index in [2.05, 4.69) is 5.32 Å². The van der Waals surface area contributed by atoms with Crippen molar-refractivity contribution in [2.45, 2.75) is 76.6 Å². The zero-order chi connectivity index (χ0) is 15.5. The fourth-order valence-corrected chi connectivity index (χ4v) is 3.48. The highest BCUT2D eigenvalue weighted by Crippen LogP contribution is 2.36. The van der Waals surface area contributed by atoms with Crippen molar-refractivity contribution in [1.82, 2.24) is 10.2 Å². The summed E-state index contributed by atoms with van der Waals surface area (Å²) in [4.78, 5) is 14.3. The largest absolute Gasteiger partial charge is 0.444 e. The maximum Gasteiger partial charge on any atom is 0.410 e. The molecule has 0 spiro atoms. The van der Waals surface area contributed by atoms with E-state index >= 15 is 0 Å². The Morgan fingerprint density at radius 1 is 1.24 bits per heavy atom. The third-order valence-electron chi connectivity index (χ3n) is 4.30. The van der Waals surface area contributed by atoms with E-state index < -0.39 is 5.60 Å². The normalized spacial score (nSPS) is 28.8. The lowest BCUT2D eigenvalue weighted by atomic mass is 9.97. The van der Waals surface area contributed by atoms with Crippen molar-refractivity contribution in [2.75, 3.05) is 20.3 Å². The maximum atomic E-state index is 12.3.